The zero-order valence-corrected chi connectivity index (χ0v) is 29.7. The summed E-state index contributed by atoms with van der Waals surface area (Å²) in [5.41, 5.74) is 2.32. The second-order valence-electron chi connectivity index (χ2n) is 13.1. The Morgan fingerprint density at radius 1 is 1.06 bits per heavy atom. The summed E-state index contributed by atoms with van der Waals surface area (Å²) in [7, 11) is 0. The average molecular weight is 709 g/mol. The standard InChI is InChI=1S/C34H45ClN10O5/c1-22-17-43(18-23(2)49-22)28-7-9-29(10-8-28)45-20-31(33(40-45)48-13-5-12-47-25(4)46)39-34-36-15-27(16-37-34)26-6-11-30(35)32(14-26)50-24(3)19-44-21-38-41-42-44/h6,11,14-16,20-24,28-29H,5,7-10,12-13,17-19H2,1-4H3,(H,36,37,39)/t22-,23+,24-,28-,29-/m0/s1. The molecule has 1 saturated carbocycles. The van der Waals surface area contributed by atoms with Gasteiger partial charge in [-0.1, -0.05) is 17.7 Å². The molecule has 1 aliphatic carbocycles. The molecule has 1 aliphatic heterocycles. The topological polar surface area (TPSA) is 156 Å². The first kappa shape index (κ1) is 35.5. The van der Waals surface area contributed by atoms with E-state index in [1.165, 1.54) is 13.3 Å². The van der Waals surface area contributed by atoms with Crippen molar-refractivity contribution in [1.82, 2.24) is 44.9 Å². The van der Waals surface area contributed by atoms with Crippen molar-refractivity contribution in [3.8, 4) is 22.8 Å². The van der Waals surface area contributed by atoms with E-state index in [0.717, 1.165) is 49.9 Å². The molecule has 6 rings (SSSR count). The van der Waals surface area contributed by atoms with Crippen LogP contribution < -0.4 is 14.8 Å². The van der Waals surface area contributed by atoms with E-state index < -0.39 is 0 Å². The molecule has 3 atom stereocenters. The molecule has 2 aliphatic rings. The van der Waals surface area contributed by atoms with Gasteiger partial charge in [-0.25, -0.2) is 14.6 Å². The summed E-state index contributed by atoms with van der Waals surface area (Å²) in [4.78, 5) is 23.0. The number of hydrogen-bond acceptors (Lipinski definition) is 13. The number of nitrogens with zero attached hydrogens (tertiary/aromatic N) is 9. The van der Waals surface area contributed by atoms with Crippen molar-refractivity contribution in [1.29, 1.82) is 0 Å². The van der Waals surface area contributed by atoms with Crippen LogP contribution in [0, 0.1) is 0 Å². The Kier molecular flexibility index (Phi) is 11.8. The Hall–Kier alpha value is -4.34. The molecule has 16 heteroatoms. The molecule has 1 aromatic carbocycles. The van der Waals surface area contributed by atoms with Crippen LogP contribution in [0.5, 0.6) is 11.6 Å². The molecule has 1 N–H and O–H groups in total. The van der Waals surface area contributed by atoms with E-state index in [1.54, 1.807) is 23.1 Å². The van der Waals surface area contributed by atoms with E-state index in [1.807, 2.05) is 29.9 Å². The lowest BCUT2D eigenvalue weighted by molar-refractivity contribution is -0.141. The molecule has 1 saturated heterocycles. The average Bonchev–Trinajstić information content (AvgIpc) is 3.75. The number of carbonyl (C=O) groups excluding carboxylic acids is 1. The molecule has 2 fully saturated rings. The van der Waals surface area contributed by atoms with Crippen LogP contribution in [-0.4, -0.2) is 101 Å². The third-order valence-corrected chi connectivity index (χ3v) is 9.17. The van der Waals surface area contributed by atoms with Crippen molar-refractivity contribution >= 4 is 29.2 Å². The Morgan fingerprint density at radius 3 is 2.50 bits per heavy atom. The summed E-state index contributed by atoms with van der Waals surface area (Å²) >= 11 is 6.46. The van der Waals surface area contributed by atoms with E-state index in [0.29, 0.717) is 53.9 Å². The summed E-state index contributed by atoms with van der Waals surface area (Å²) in [6.45, 7) is 10.7. The number of anilines is 2. The van der Waals surface area contributed by atoms with Crippen molar-refractivity contribution in [3.63, 3.8) is 0 Å². The van der Waals surface area contributed by atoms with Crippen LogP contribution in [0.15, 0.2) is 43.1 Å². The Morgan fingerprint density at radius 2 is 1.80 bits per heavy atom. The van der Waals surface area contributed by atoms with Gasteiger partial charge in [0.05, 0.1) is 49.2 Å². The highest BCUT2D eigenvalue weighted by Crippen LogP contribution is 2.36. The molecule has 268 valence electrons. The van der Waals surface area contributed by atoms with Crippen LogP contribution in [0.3, 0.4) is 0 Å². The third-order valence-electron chi connectivity index (χ3n) is 8.86. The Labute approximate surface area is 296 Å². The van der Waals surface area contributed by atoms with Crippen LogP contribution in [0.1, 0.15) is 65.8 Å². The lowest BCUT2D eigenvalue weighted by atomic mass is 9.89. The minimum atomic E-state index is -0.313. The number of morpholine rings is 1. The minimum absolute atomic E-state index is 0.222. The van der Waals surface area contributed by atoms with Gasteiger partial charge in [0.2, 0.25) is 5.95 Å². The van der Waals surface area contributed by atoms with Gasteiger partial charge in [-0.3, -0.25) is 14.4 Å². The van der Waals surface area contributed by atoms with Crippen molar-refractivity contribution in [2.75, 3.05) is 31.6 Å². The molecule has 4 heterocycles. The molecule has 50 heavy (non-hydrogen) atoms. The van der Waals surface area contributed by atoms with Gasteiger partial charge in [0.1, 0.15) is 23.9 Å². The second-order valence-corrected chi connectivity index (χ2v) is 13.5. The normalized spacial score (nSPS) is 21.8. The van der Waals surface area contributed by atoms with E-state index in [4.69, 9.17) is 35.6 Å². The van der Waals surface area contributed by atoms with Crippen LogP contribution in [-0.2, 0) is 20.8 Å². The Balaban J connectivity index is 1.12. The number of halogens is 1. The smallest absolute Gasteiger partial charge is 0.302 e. The number of rotatable bonds is 14. The number of tetrazole rings is 1. The van der Waals surface area contributed by atoms with E-state index in [9.17, 15) is 4.79 Å². The Bertz CT molecular complexity index is 1670. The molecule has 3 aromatic heterocycles. The first-order chi connectivity index (χ1) is 24.2. The van der Waals surface area contributed by atoms with Crippen molar-refractivity contribution in [3.05, 3.63) is 48.1 Å². The van der Waals surface area contributed by atoms with Gasteiger partial charge in [0.15, 0.2) is 0 Å². The fourth-order valence-electron chi connectivity index (χ4n) is 6.62. The van der Waals surface area contributed by atoms with Gasteiger partial charge < -0.3 is 24.3 Å². The predicted molar refractivity (Wildman–Crippen MR) is 186 cm³/mol. The van der Waals surface area contributed by atoms with E-state index >= 15 is 0 Å². The first-order valence-corrected chi connectivity index (χ1v) is 17.6. The van der Waals surface area contributed by atoms with E-state index in [-0.39, 0.29) is 36.9 Å². The monoisotopic (exact) mass is 708 g/mol. The highest BCUT2D eigenvalue weighted by atomic mass is 35.5. The summed E-state index contributed by atoms with van der Waals surface area (Å²) in [6, 6.07) is 6.36. The number of aromatic nitrogens is 8. The summed E-state index contributed by atoms with van der Waals surface area (Å²) < 4.78 is 26.8. The number of benzene rings is 1. The predicted octanol–water partition coefficient (Wildman–Crippen LogP) is 5.12. The number of carbonyl (C=O) groups is 1. The van der Waals surface area contributed by atoms with Gasteiger partial charge in [0, 0.05) is 50.4 Å². The van der Waals surface area contributed by atoms with Crippen molar-refractivity contribution in [2.24, 2.45) is 0 Å². The van der Waals surface area contributed by atoms with E-state index in [2.05, 4.69) is 49.6 Å². The number of hydrogen-bond donors (Lipinski definition) is 1. The number of nitrogens with one attached hydrogen (secondary N) is 1. The third kappa shape index (κ3) is 9.46. The fraction of sp³-hybridized carbons (Fsp3) is 0.559. The van der Waals surface area contributed by atoms with Crippen LogP contribution in [0.2, 0.25) is 5.02 Å². The van der Waals surface area contributed by atoms with Gasteiger partial charge in [0.25, 0.3) is 5.88 Å². The SMILES string of the molecule is CC(=O)OCCCOc1nn([C@H]2CC[C@H](N3C[C@@H](C)O[C@@H](C)C3)CC2)cc1Nc1ncc(-c2ccc(Cl)c(O[C@@H](C)Cn3cnnn3)c2)cn1. The zero-order valence-electron chi connectivity index (χ0n) is 28.9. The van der Waals surface area contributed by atoms with Gasteiger partial charge in [-0.05, 0) is 74.6 Å². The summed E-state index contributed by atoms with van der Waals surface area (Å²) in [5, 5.41) is 19.9. The molecule has 15 nitrogen and oxygen atoms in total. The molecule has 0 bridgehead atoms. The molecular weight excluding hydrogens is 664 g/mol. The quantitative estimate of drug-likeness (QED) is 0.136. The zero-order chi connectivity index (χ0) is 35.0. The van der Waals surface area contributed by atoms with Crippen LogP contribution >= 0.6 is 11.6 Å². The van der Waals surface area contributed by atoms with Crippen LogP contribution in [0.4, 0.5) is 11.6 Å². The molecule has 0 radical (unpaired) electrons. The summed E-state index contributed by atoms with van der Waals surface area (Å²) in [5.74, 6) is 1.08. The maximum absolute atomic E-state index is 11.2. The van der Waals surface area contributed by atoms with Gasteiger partial charge in [-0.15, -0.1) is 10.2 Å². The van der Waals surface area contributed by atoms with Crippen LogP contribution in [0.25, 0.3) is 11.1 Å². The molecule has 0 unspecified atom stereocenters. The molecular formula is C34H45ClN10O5. The maximum atomic E-state index is 11.2. The highest BCUT2D eigenvalue weighted by Gasteiger charge is 2.32. The fourth-order valence-corrected chi connectivity index (χ4v) is 6.78. The first-order valence-electron chi connectivity index (χ1n) is 17.2. The lowest BCUT2D eigenvalue weighted by Gasteiger charge is -2.42. The summed E-state index contributed by atoms with van der Waals surface area (Å²) in [6.07, 6.45) is 12.1. The van der Waals surface area contributed by atoms with Gasteiger partial charge in [-0.2, -0.15) is 0 Å². The number of esters is 1. The lowest BCUT2D eigenvalue weighted by Crippen LogP contribution is -2.51. The molecule has 4 aromatic rings. The minimum Gasteiger partial charge on any atom is -0.487 e. The highest BCUT2D eigenvalue weighted by molar-refractivity contribution is 6.32. The maximum Gasteiger partial charge on any atom is 0.302 e. The molecule has 0 spiro atoms. The van der Waals surface area contributed by atoms with Crippen molar-refractivity contribution in [2.45, 2.75) is 96.7 Å². The van der Waals surface area contributed by atoms with Gasteiger partial charge >= 0.3 is 5.97 Å². The largest absolute Gasteiger partial charge is 0.487 e. The second kappa shape index (κ2) is 16.6. The number of ether oxygens (including phenoxy) is 4. The molecule has 0 amide bonds. The van der Waals surface area contributed by atoms with Crippen molar-refractivity contribution < 1.29 is 23.7 Å².